The summed E-state index contributed by atoms with van der Waals surface area (Å²) in [7, 11) is -3.72. The quantitative estimate of drug-likeness (QED) is 0.850. The van der Waals surface area contributed by atoms with Crippen molar-refractivity contribution in [2.24, 2.45) is 0 Å². The molecule has 2 aromatic carbocycles. The number of hydrogen-bond donors (Lipinski definition) is 1. The van der Waals surface area contributed by atoms with Gasteiger partial charge in [0.25, 0.3) is 0 Å². The lowest BCUT2D eigenvalue weighted by Gasteiger charge is -2.10. The van der Waals surface area contributed by atoms with E-state index in [4.69, 9.17) is 0 Å². The summed E-state index contributed by atoms with van der Waals surface area (Å²) in [5.41, 5.74) is 1.59. The Kier molecular flexibility index (Phi) is 5.75. The Hall–Kier alpha value is -2.35. The van der Waals surface area contributed by atoms with Gasteiger partial charge >= 0.3 is 6.18 Å². The van der Waals surface area contributed by atoms with Gasteiger partial charge in [-0.3, -0.25) is 4.79 Å². The Morgan fingerprint density at radius 3 is 2.23 bits per heavy atom. The number of alkyl halides is 3. The fraction of sp³-hybridized carbons (Fsp3) is 0.278. The number of hydrogen-bond acceptors (Lipinski definition) is 3. The highest BCUT2D eigenvalue weighted by atomic mass is 32.2. The van der Waals surface area contributed by atoms with Gasteiger partial charge in [-0.15, -0.1) is 0 Å². The molecule has 140 valence electrons. The smallest absolute Gasteiger partial charge is 0.325 e. The number of aryl methyl sites for hydroxylation is 2. The average Bonchev–Trinajstić information content (AvgIpc) is 2.49. The number of carbonyl (C=O) groups excluding carboxylic acids is 1. The van der Waals surface area contributed by atoms with Gasteiger partial charge < -0.3 is 5.32 Å². The number of halogens is 3. The zero-order chi connectivity index (χ0) is 19.5. The SMILES string of the molecule is Cc1ccc(C)c(CS(=O)(=O)CC(=O)Nc2ccc(C(F)(F)F)cc2)c1. The van der Waals surface area contributed by atoms with Crippen molar-refractivity contribution in [2.45, 2.75) is 25.8 Å². The number of carbonyl (C=O) groups is 1. The average molecular weight is 385 g/mol. The first-order chi connectivity index (χ1) is 12.0. The number of anilines is 1. The minimum Gasteiger partial charge on any atom is -0.325 e. The summed E-state index contributed by atoms with van der Waals surface area (Å²) in [4.78, 5) is 11.9. The van der Waals surface area contributed by atoms with Crippen LogP contribution < -0.4 is 5.32 Å². The van der Waals surface area contributed by atoms with Crippen LogP contribution in [0.3, 0.4) is 0 Å². The van der Waals surface area contributed by atoms with Crippen LogP contribution in [0.2, 0.25) is 0 Å². The van der Waals surface area contributed by atoms with Gasteiger partial charge in [-0.1, -0.05) is 23.8 Å². The van der Waals surface area contributed by atoms with Crippen LogP contribution in [0.4, 0.5) is 18.9 Å². The Morgan fingerprint density at radius 1 is 1.04 bits per heavy atom. The number of amides is 1. The maximum atomic E-state index is 12.5. The monoisotopic (exact) mass is 385 g/mol. The van der Waals surface area contributed by atoms with E-state index in [0.717, 1.165) is 35.4 Å². The molecule has 8 heteroatoms. The second kappa shape index (κ2) is 7.49. The van der Waals surface area contributed by atoms with Gasteiger partial charge in [0.15, 0.2) is 9.84 Å². The first-order valence-corrected chi connectivity index (χ1v) is 9.52. The van der Waals surface area contributed by atoms with E-state index in [2.05, 4.69) is 5.32 Å². The van der Waals surface area contributed by atoms with Gasteiger partial charge in [-0.05, 0) is 49.2 Å². The van der Waals surface area contributed by atoms with Gasteiger partial charge in [0.05, 0.1) is 11.3 Å². The van der Waals surface area contributed by atoms with Crippen LogP contribution >= 0.6 is 0 Å². The summed E-state index contributed by atoms with van der Waals surface area (Å²) in [5.74, 6) is -1.82. The Labute approximate surface area is 150 Å². The molecule has 1 N–H and O–H groups in total. The third-order valence-electron chi connectivity index (χ3n) is 3.73. The van der Waals surface area contributed by atoms with Gasteiger partial charge in [0, 0.05) is 5.69 Å². The maximum Gasteiger partial charge on any atom is 0.416 e. The van der Waals surface area contributed by atoms with Crippen molar-refractivity contribution in [3.05, 3.63) is 64.7 Å². The Bertz CT molecular complexity index is 904. The molecule has 0 spiro atoms. The largest absolute Gasteiger partial charge is 0.416 e. The summed E-state index contributed by atoms with van der Waals surface area (Å²) >= 11 is 0. The minimum atomic E-state index is -4.47. The first-order valence-electron chi connectivity index (χ1n) is 7.70. The molecule has 0 aliphatic heterocycles. The van der Waals surface area contributed by atoms with Gasteiger partial charge in [0.2, 0.25) is 5.91 Å². The summed E-state index contributed by atoms with van der Waals surface area (Å²) in [6.07, 6.45) is -4.47. The molecule has 4 nitrogen and oxygen atoms in total. The molecule has 0 heterocycles. The topological polar surface area (TPSA) is 63.2 Å². The maximum absolute atomic E-state index is 12.5. The van der Waals surface area contributed by atoms with Crippen molar-refractivity contribution in [2.75, 3.05) is 11.1 Å². The van der Waals surface area contributed by atoms with Crippen LogP contribution in [0.15, 0.2) is 42.5 Å². The second-order valence-electron chi connectivity index (χ2n) is 6.09. The zero-order valence-electron chi connectivity index (χ0n) is 14.2. The lowest BCUT2D eigenvalue weighted by Crippen LogP contribution is -2.24. The van der Waals surface area contributed by atoms with E-state index in [1.807, 2.05) is 19.1 Å². The van der Waals surface area contributed by atoms with Crippen LogP contribution in [0.25, 0.3) is 0 Å². The fourth-order valence-corrected chi connectivity index (χ4v) is 3.74. The molecule has 0 atom stereocenters. The highest BCUT2D eigenvalue weighted by molar-refractivity contribution is 7.91. The van der Waals surface area contributed by atoms with Crippen molar-refractivity contribution in [3.63, 3.8) is 0 Å². The summed E-state index contributed by atoms with van der Waals surface area (Å²) < 4.78 is 62.0. The van der Waals surface area contributed by atoms with Gasteiger partial charge in [0.1, 0.15) is 5.75 Å². The predicted octanol–water partition coefficient (Wildman–Crippen LogP) is 3.88. The van der Waals surface area contributed by atoms with Crippen LogP contribution in [0.1, 0.15) is 22.3 Å². The molecule has 1 amide bonds. The van der Waals surface area contributed by atoms with Crippen molar-refractivity contribution in [1.29, 1.82) is 0 Å². The van der Waals surface area contributed by atoms with Crippen LogP contribution in [-0.4, -0.2) is 20.1 Å². The van der Waals surface area contributed by atoms with Crippen molar-refractivity contribution < 1.29 is 26.4 Å². The van der Waals surface area contributed by atoms with E-state index in [0.29, 0.717) is 5.56 Å². The molecule has 0 aliphatic rings. The molecule has 0 aromatic heterocycles. The van der Waals surface area contributed by atoms with Crippen molar-refractivity contribution >= 4 is 21.4 Å². The highest BCUT2D eigenvalue weighted by Crippen LogP contribution is 2.29. The fourth-order valence-electron chi connectivity index (χ4n) is 2.38. The van der Waals surface area contributed by atoms with E-state index < -0.39 is 33.2 Å². The molecular formula is C18H18F3NO3S. The highest BCUT2D eigenvalue weighted by Gasteiger charge is 2.30. The number of nitrogens with one attached hydrogen (secondary N) is 1. The first kappa shape index (κ1) is 20.0. The standard InChI is InChI=1S/C18H18F3NO3S/c1-12-3-4-13(2)14(9-12)10-26(24,25)11-17(23)22-16-7-5-15(6-8-16)18(19,20)21/h3-9H,10-11H2,1-2H3,(H,22,23). The molecule has 2 aromatic rings. The molecule has 0 unspecified atom stereocenters. The summed E-state index contributed by atoms with van der Waals surface area (Å²) in [6, 6.07) is 9.22. The Morgan fingerprint density at radius 2 is 1.65 bits per heavy atom. The number of rotatable bonds is 5. The molecule has 0 aliphatic carbocycles. The van der Waals surface area contributed by atoms with E-state index in [-0.39, 0.29) is 11.4 Å². The lowest BCUT2D eigenvalue weighted by molar-refractivity contribution is -0.137. The van der Waals surface area contributed by atoms with Gasteiger partial charge in [-0.2, -0.15) is 13.2 Å². The lowest BCUT2D eigenvalue weighted by atomic mass is 10.1. The van der Waals surface area contributed by atoms with Crippen LogP contribution in [-0.2, 0) is 26.6 Å². The van der Waals surface area contributed by atoms with Gasteiger partial charge in [-0.25, -0.2) is 8.42 Å². The van der Waals surface area contributed by atoms with Crippen molar-refractivity contribution in [1.82, 2.24) is 0 Å². The normalized spacial score (nSPS) is 12.0. The van der Waals surface area contributed by atoms with Crippen LogP contribution in [0.5, 0.6) is 0 Å². The summed E-state index contributed by atoms with van der Waals surface area (Å²) in [6.45, 7) is 3.62. The van der Waals surface area contributed by atoms with E-state index in [1.54, 1.807) is 13.0 Å². The molecule has 0 radical (unpaired) electrons. The van der Waals surface area contributed by atoms with E-state index in [1.165, 1.54) is 0 Å². The molecule has 0 saturated carbocycles. The summed E-state index contributed by atoms with van der Waals surface area (Å²) in [5, 5.41) is 2.30. The number of benzene rings is 2. The third kappa shape index (κ3) is 5.59. The van der Waals surface area contributed by atoms with E-state index in [9.17, 15) is 26.4 Å². The molecule has 2 rings (SSSR count). The Balaban J connectivity index is 2.03. The molecule has 0 bridgehead atoms. The number of sulfone groups is 1. The molecule has 26 heavy (non-hydrogen) atoms. The third-order valence-corrected chi connectivity index (χ3v) is 5.18. The zero-order valence-corrected chi connectivity index (χ0v) is 15.0. The van der Waals surface area contributed by atoms with Crippen LogP contribution in [0, 0.1) is 13.8 Å². The molecule has 0 fully saturated rings. The molecule has 0 saturated heterocycles. The minimum absolute atomic E-state index is 0.102. The van der Waals surface area contributed by atoms with E-state index >= 15 is 0 Å². The van der Waals surface area contributed by atoms with Crippen molar-refractivity contribution in [3.8, 4) is 0 Å². The second-order valence-corrected chi connectivity index (χ2v) is 8.15. The predicted molar refractivity (Wildman–Crippen MR) is 93.5 cm³/mol. The molecular weight excluding hydrogens is 367 g/mol.